The summed E-state index contributed by atoms with van der Waals surface area (Å²) < 4.78 is 6.29. The van der Waals surface area contributed by atoms with Gasteiger partial charge in [0.15, 0.2) is 0 Å². The van der Waals surface area contributed by atoms with Crippen molar-refractivity contribution < 1.29 is 9.84 Å². The number of nitrogens with zero attached hydrogens (tertiary/aromatic N) is 1. The van der Waals surface area contributed by atoms with E-state index in [1.54, 1.807) is 6.07 Å². The predicted molar refractivity (Wildman–Crippen MR) is 108 cm³/mol. The maximum absolute atomic E-state index is 10.7. The molecule has 0 aliphatic carbocycles. The molecule has 136 valence electrons. The lowest BCUT2D eigenvalue weighted by Crippen LogP contribution is -2.27. The minimum atomic E-state index is -0.300. The van der Waals surface area contributed by atoms with Crippen molar-refractivity contribution in [2.24, 2.45) is 0 Å². The first kappa shape index (κ1) is 18.2. The van der Waals surface area contributed by atoms with Crippen LogP contribution in [0.4, 0.5) is 0 Å². The number of fused-ring (bicyclic) bond motifs is 1. The van der Waals surface area contributed by atoms with Crippen molar-refractivity contribution in [3.05, 3.63) is 54.2 Å². The number of aromatic nitrogens is 1. The number of phenolic OH excluding ortho intramolecular Hbond substituents is 1. The second-order valence-electron chi connectivity index (χ2n) is 7.69. The zero-order valence-corrected chi connectivity index (χ0v) is 16.2. The van der Waals surface area contributed by atoms with E-state index in [1.165, 1.54) is 0 Å². The number of benzene rings is 2. The van der Waals surface area contributed by atoms with Crippen molar-refractivity contribution in [2.45, 2.75) is 52.6 Å². The smallest absolute Gasteiger partial charge is 0.127 e. The van der Waals surface area contributed by atoms with Crippen LogP contribution in [-0.4, -0.2) is 15.7 Å². The van der Waals surface area contributed by atoms with Gasteiger partial charge in [-0.2, -0.15) is 0 Å². The Balaban J connectivity index is 2.13. The second kappa shape index (κ2) is 6.99. The lowest BCUT2D eigenvalue weighted by Gasteiger charge is -2.28. The molecular weight excluding hydrogens is 322 g/mol. The molecule has 3 rings (SSSR count). The summed E-state index contributed by atoms with van der Waals surface area (Å²) in [7, 11) is 0. The van der Waals surface area contributed by atoms with Gasteiger partial charge in [-0.05, 0) is 49.8 Å². The highest BCUT2D eigenvalue weighted by molar-refractivity contribution is 5.85. The number of hydrogen-bond donors (Lipinski definition) is 1. The number of aromatic hydroxyl groups is 1. The fourth-order valence-electron chi connectivity index (χ4n) is 3.04. The number of phenols is 1. The van der Waals surface area contributed by atoms with Crippen LogP contribution in [0.25, 0.3) is 22.0 Å². The molecule has 1 heterocycles. The van der Waals surface area contributed by atoms with Gasteiger partial charge in [0.2, 0.25) is 0 Å². The third kappa shape index (κ3) is 3.67. The Bertz CT molecular complexity index is 929. The minimum Gasteiger partial charge on any atom is -0.507 e. The van der Waals surface area contributed by atoms with Crippen LogP contribution in [0.2, 0.25) is 0 Å². The zero-order valence-electron chi connectivity index (χ0n) is 16.2. The van der Waals surface area contributed by atoms with E-state index < -0.39 is 0 Å². The van der Waals surface area contributed by atoms with Gasteiger partial charge in [0.05, 0.1) is 5.69 Å². The van der Waals surface area contributed by atoms with Crippen LogP contribution >= 0.6 is 0 Å². The molecule has 3 nitrogen and oxygen atoms in total. The molecule has 0 bridgehead atoms. The predicted octanol–water partition coefficient (Wildman–Crippen LogP) is 6.30. The molecule has 1 N–H and O–H groups in total. The molecule has 2 aromatic carbocycles. The molecule has 0 unspecified atom stereocenters. The van der Waals surface area contributed by atoms with Crippen molar-refractivity contribution in [1.82, 2.24) is 4.98 Å². The summed E-state index contributed by atoms with van der Waals surface area (Å²) >= 11 is 0. The molecule has 0 aliphatic heterocycles. The molecule has 1 aromatic heterocycles. The van der Waals surface area contributed by atoms with Crippen molar-refractivity contribution in [3.8, 4) is 22.8 Å². The topological polar surface area (TPSA) is 42.4 Å². The Labute approximate surface area is 155 Å². The quantitative estimate of drug-likeness (QED) is 0.588. The van der Waals surface area contributed by atoms with E-state index in [-0.39, 0.29) is 17.3 Å². The van der Waals surface area contributed by atoms with Crippen LogP contribution in [0.3, 0.4) is 0 Å². The van der Waals surface area contributed by atoms with Crippen LogP contribution < -0.4 is 4.74 Å². The molecule has 0 amide bonds. The molecule has 0 spiro atoms. The van der Waals surface area contributed by atoms with Crippen molar-refractivity contribution >= 4 is 10.8 Å². The van der Waals surface area contributed by atoms with Crippen LogP contribution in [0.1, 0.15) is 52.5 Å². The average molecular weight is 349 g/mol. The Hall–Kier alpha value is -2.55. The van der Waals surface area contributed by atoms with E-state index in [0.29, 0.717) is 0 Å². The van der Waals surface area contributed by atoms with Crippen molar-refractivity contribution in [3.63, 3.8) is 0 Å². The second-order valence-corrected chi connectivity index (χ2v) is 7.69. The summed E-state index contributed by atoms with van der Waals surface area (Å²) in [4.78, 5) is 4.58. The van der Waals surface area contributed by atoms with Crippen LogP contribution in [0, 0.1) is 0 Å². The fraction of sp³-hybridized carbons (Fsp3) is 0.348. The van der Waals surface area contributed by atoms with Gasteiger partial charge in [-0.3, -0.25) is 4.98 Å². The summed E-state index contributed by atoms with van der Waals surface area (Å²) in [6, 6.07) is 14.0. The van der Waals surface area contributed by atoms with Crippen LogP contribution in [0.15, 0.2) is 48.7 Å². The van der Waals surface area contributed by atoms with Crippen LogP contribution in [-0.2, 0) is 0 Å². The summed E-state index contributed by atoms with van der Waals surface area (Å²) in [6.07, 6.45) is 2.75. The first-order chi connectivity index (χ1) is 12.3. The van der Waals surface area contributed by atoms with Gasteiger partial charge < -0.3 is 9.84 Å². The first-order valence-corrected chi connectivity index (χ1v) is 9.22. The third-order valence-electron chi connectivity index (χ3n) is 4.86. The SMILES string of the molecule is CCC(C)(C)Oc1cc(-c2cc3ccccc3cn2)cc(O)c1C(C)C. The minimum absolute atomic E-state index is 0.163. The van der Waals surface area contributed by atoms with Gasteiger partial charge in [0, 0.05) is 22.7 Å². The van der Waals surface area contributed by atoms with Crippen molar-refractivity contribution in [1.29, 1.82) is 0 Å². The van der Waals surface area contributed by atoms with E-state index in [2.05, 4.69) is 45.7 Å². The molecule has 0 aliphatic rings. The lowest BCUT2D eigenvalue weighted by atomic mass is 9.96. The molecular formula is C23H27NO2. The molecule has 0 fully saturated rings. The zero-order chi connectivity index (χ0) is 18.9. The van der Waals surface area contributed by atoms with E-state index in [0.717, 1.165) is 39.8 Å². The molecule has 0 saturated heterocycles. The summed E-state index contributed by atoms with van der Waals surface area (Å²) in [5.74, 6) is 1.16. The Morgan fingerprint density at radius 2 is 1.77 bits per heavy atom. The van der Waals surface area contributed by atoms with Gasteiger partial charge in [0.25, 0.3) is 0 Å². The molecule has 0 atom stereocenters. The third-order valence-corrected chi connectivity index (χ3v) is 4.86. The van der Waals surface area contributed by atoms with Gasteiger partial charge in [-0.1, -0.05) is 45.0 Å². The number of rotatable bonds is 5. The number of ether oxygens (including phenoxy) is 1. The average Bonchev–Trinajstić information content (AvgIpc) is 2.60. The normalized spacial score (nSPS) is 11.9. The molecule has 26 heavy (non-hydrogen) atoms. The number of pyridine rings is 1. The Kier molecular flexibility index (Phi) is 4.90. The van der Waals surface area contributed by atoms with Gasteiger partial charge in [0.1, 0.15) is 17.1 Å². The van der Waals surface area contributed by atoms with Gasteiger partial charge in [-0.15, -0.1) is 0 Å². The summed E-state index contributed by atoms with van der Waals surface area (Å²) in [6.45, 7) is 10.4. The van der Waals surface area contributed by atoms with Crippen LogP contribution in [0.5, 0.6) is 11.5 Å². The highest BCUT2D eigenvalue weighted by Crippen LogP contribution is 2.40. The van der Waals surface area contributed by atoms with Gasteiger partial charge in [-0.25, -0.2) is 0 Å². The van der Waals surface area contributed by atoms with E-state index in [4.69, 9.17) is 4.74 Å². The summed E-state index contributed by atoms with van der Waals surface area (Å²) in [5.41, 5.74) is 2.23. The first-order valence-electron chi connectivity index (χ1n) is 9.22. The highest BCUT2D eigenvalue weighted by atomic mass is 16.5. The molecule has 0 radical (unpaired) electrons. The lowest BCUT2D eigenvalue weighted by molar-refractivity contribution is 0.103. The molecule has 0 saturated carbocycles. The largest absolute Gasteiger partial charge is 0.507 e. The molecule has 3 heteroatoms. The van der Waals surface area contributed by atoms with E-state index >= 15 is 0 Å². The maximum Gasteiger partial charge on any atom is 0.127 e. The Morgan fingerprint density at radius 1 is 1.08 bits per heavy atom. The molecule has 3 aromatic rings. The standard InChI is InChI=1S/C23H27NO2/c1-6-23(4,5)26-21-13-18(12-20(25)22(21)15(2)3)19-11-16-9-7-8-10-17(16)14-24-19/h7-15,25H,6H2,1-5H3. The fourth-order valence-corrected chi connectivity index (χ4v) is 3.04. The van der Waals surface area contributed by atoms with E-state index in [1.807, 2.05) is 36.5 Å². The Morgan fingerprint density at radius 3 is 2.42 bits per heavy atom. The highest BCUT2D eigenvalue weighted by Gasteiger charge is 2.23. The van der Waals surface area contributed by atoms with E-state index in [9.17, 15) is 5.11 Å². The monoisotopic (exact) mass is 349 g/mol. The number of hydrogen-bond acceptors (Lipinski definition) is 3. The maximum atomic E-state index is 10.7. The summed E-state index contributed by atoms with van der Waals surface area (Å²) in [5, 5.41) is 12.9. The van der Waals surface area contributed by atoms with Crippen molar-refractivity contribution in [2.75, 3.05) is 0 Å². The van der Waals surface area contributed by atoms with Gasteiger partial charge >= 0.3 is 0 Å².